The normalized spacial score (nSPS) is 10.7. The van der Waals surface area contributed by atoms with Gasteiger partial charge in [0.25, 0.3) is 0 Å². The van der Waals surface area contributed by atoms with Gasteiger partial charge in [-0.3, -0.25) is 4.40 Å². The summed E-state index contributed by atoms with van der Waals surface area (Å²) >= 11 is 3.30. The van der Waals surface area contributed by atoms with Crippen LogP contribution in [0.4, 0.5) is 5.82 Å². The molecule has 0 unspecified atom stereocenters. The van der Waals surface area contributed by atoms with Crippen molar-refractivity contribution in [3.63, 3.8) is 0 Å². The van der Waals surface area contributed by atoms with Crippen molar-refractivity contribution in [1.29, 1.82) is 0 Å². The lowest BCUT2D eigenvalue weighted by Crippen LogP contribution is -2.10. The van der Waals surface area contributed by atoms with E-state index >= 15 is 0 Å². The number of ether oxygens (including phenoxy) is 1. The zero-order valence-electron chi connectivity index (χ0n) is 10.3. The van der Waals surface area contributed by atoms with E-state index < -0.39 is 0 Å². The fourth-order valence-corrected chi connectivity index (χ4v) is 2.13. The van der Waals surface area contributed by atoms with E-state index in [0.29, 0.717) is 34.1 Å². The number of hydrogen-bond donors (Lipinski definition) is 1. The number of imidazole rings is 1. The van der Waals surface area contributed by atoms with Crippen molar-refractivity contribution >= 4 is 33.4 Å². The standard InChI is InChI=1S/C11H13BrN4O2/c1-4-18-11(17)8-6(2)14-10-9(13-3)15-7(12)5-16(8)10/h5H,4H2,1-3H3,(H,13,15). The van der Waals surface area contributed by atoms with Crippen LogP contribution < -0.4 is 5.32 Å². The van der Waals surface area contributed by atoms with Crippen LogP contribution >= 0.6 is 15.9 Å². The lowest BCUT2D eigenvalue weighted by atomic mass is 10.3. The first-order chi connectivity index (χ1) is 8.58. The largest absolute Gasteiger partial charge is 0.461 e. The summed E-state index contributed by atoms with van der Waals surface area (Å²) in [7, 11) is 1.75. The van der Waals surface area contributed by atoms with Gasteiger partial charge in [0.2, 0.25) is 0 Å². The molecule has 0 amide bonds. The summed E-state index contributed by atoms with van der Waals surface area (Å²) in [5, 5.41) is 2.95. The number of fused-ring (bicyclic) bond motifs is 1. The molecule has 0 saturated carbocycles. The molecular weight excluding hydrogens is 300 g/mol. The minimum absolute atomic E-state index is 0.330. The van der Waals surface area contributed by atoms with Crippen LogP contribution in [0.15, 0.2) is 10.8 Å². The van der Waals surface area contributed by atoms with Gasteiger partial charge in [-0.25, -0.2) is 14.8 Å². The zero-order valence-corrected chi connectivity index (χ0v) is 11.9. The predicted octanol–water partition coefficient (Wildman–Crippen LogP) is 2.02. The SMILES string of the molecule is CCOC(=O)c1c(C)nc2c(NC)nc(Br)cn12. The van der Waals surface area contributed by atoms with Gasteiger partial charge >= 0.3 is 5.97 Å². The van der Waals surface area contributed by atoms with Crippen LogP contribution in [-0.2, 0) is 4.74 Å². The molecule has 7 heteroatoms. The Hall–Kier alpha value is -1.63. The number of carbonyl (C=O) groups is 1. The van der Waals surface area contributed by atoms with Crippen molar-refractivity contribution in [2.75, 3.05) is 19.0 Å². The van der Waals surface area contributed by atoms with Gasteiger partial charge in [-0.15, -0.1) is 0 Å². The van der Waals surface area contributed by atoms with E-state index in [1.54, 1.807) is 31.5 Å². The molecular formula is C11H13BrN4O2. The first-order valence-electron chi connectivity index (χ1n) is 5.48. The summed E-state index contributed by atoms with van der Waals surface area (Å²) in [6.07, 6.45) is 1.70. The molecule has 0 fully saturated rings. The second-order valence-corrected chi connectivity index (χ2v) is 4.43. The highest BCUT2D eigenvalue weighted by Gasteiger charge is 2.20. The number of aromatic nitrogens is 3. The van der Waals surface area contributed by atoms with E-state index in [1.807, 2.05) is 0 Å². The molecule has 1 N–H and O–H groups in total. The molecule has 0 atom stereocenters. The Balaban J connectivity index is 2.70. The van der Waals surface area contributed by atoms with Crippen molar-refractivity contribution < 1.29 is 9.53 Å². The smallest absolute Gasteiger partial charge is 0.357 e. The first kappa shape index (κ1) is 12.8. The summed E-state index contributed by atoms with van der Waals surface area (Å²) in [6, 6.07) is 0. The Morgan fingerprint density at radius 1 is 1.56 bits per heavy atom. The molecule has 0 saturated heterocycles. The van der Waals surface area contributed by atoms with Crippen LogP contribution in [0.2, 0.25) is 0 Å². The summed E-state index contributed by atoms with van der Waals surface area (Å²) < 4.78 is 7.32. The fraction of sp³-hybridized carbons (Fsp3) is 0.364. The number of anilines is 1. The van der Waals surface area contributed by atoms with Crippen LogP contribution in [0, 0.1) is 6.92 Å². The highest BCUT2D eigenvalue weighted by molar-refractivity contribution is 9.10. The van der Waals surface area contributed by atoms with Gasteiger partial charge < -0.3 is 10.1 Å². The topological polar surface area (TPSA) is 68.5 Å². The van der Waals surface area contributed by atoms with Gasteiger partial charge in [0.1, 0.15) is 4.60 Å². The molecule has 0 bridgehead atoms. The average Bonchev–Trinajstić information content (AvgIpc) is 2.64. The highest BCUT2D eigenvalue weighted by atomic mass is 79.9. The van der Waals surface area contributed by atoms with E-state index in [4.69, 9.17) is 4.74 Å². The van der Waals surface area contributed by atoms with Crippen LogP contribution in [0.1, 0.15) is 23.1 Å². The van der Waals surface area contributed by atoms with Gasteiger partial charge in [-0.05, 0) is 29.8 Å². The van der Waals surface area contributed by atoms with Crippen molar-refractivity contribution in [3.05, 3.63) is 22.2 Å². The third-order valence-corrected chi connectivity index (χ3v) is 2.84. The molecule has 0 aliphatic rings. The summed E-state index contributed by atoms with van der Waals surface area (Å²) in [4.78, 5) is 20.5. The quantitative estimate of drug-likeness (QED) is 0.878. The molecule has 2 aromatic heterocycles. The van der Waals surface area contributed by atoms with Gasteiger partial charge in [-0.2, -0.15) is 0 Å². The minimum atomic E-state index is -0.386. The fourth-order valence-electron chi connectivity index (χ4n) is 1.74. The molecule has 0 aliphatic heterocycles. The lowest BCUT2D eigenvalue weighted by molar-refractivity contribution is 0.0517. The van der Waals surface area contributed by atoms with Crippen LogP contribution in [0.5, 0.6) is 0 Å². The maximum atomic E-state index is 11.9. The van der Waals surface area contributed by atoms with Crippen molar-refractivity contribution in [1.82, 2.24) is 14.4 Å². The third-order valence-electron chi connectivity index (χ3n) is 2.46. The van der Waals surface area contributed by atoms with E-state index in [9.17, 15) is 4.79 Å². The predicted molar refractivity (Wildman–Crippen MR) is 70.9 cm³/mol. The molecule has 6 nitrogen and oxygen atoms in total. The molecule has 2 aromatic rings. The monoisotopic (exact) mass is 312 g/mol. The summed E-state index contributed by atoms with van der Waals surface area (Å²) in [5.41, 5.74) is 1.64. The Labute approximate surface area is 113 Å². The third kappa shape index (κ3) is 2.05. The number of halogens is 1. The average molecular weight is 313 g/mol. The van der Waals surface area contributed by atoms with Crippen LogP contribution in [0.25, 0.3) is 5.65 Å². The first-order valence-corrected chi connectivity index (χ1v) is 6.27. The number of nitrogens with zero attached hydrogens (tertiary/aromatic N) is 3. The molecule has 0 spiro atoms. The molecule has 2 rings (SSSR count). The Kier molecular flexibility index (Phi) is 3.51. The molecule has 0 aromatic carbocycles. The highest BCUT2D eigenvalue weighted by Crippen LogP contribution is 2.21. The van der Waals surface area contributed by atoms with Crippen molar-refractivity contribution in [3.8, 4) is 0 Å². The maximum Gasteiger partial charge on any atom is 0.357 e. The van der Waals surface area contributed by atoms with Crippen molar-refractivity contribution in [2.45, 2.75) is 13.8 Å². The molecule has 0 radical (unpaired) electrons. The number of esters is 1. The van der Waals surface area contributed by atoms with Crippen LogP contribution in [0.3, 0.4) is 0 Å². The Morgan fingerprint density at radius 3 is 2.89 bits per heavy atom. The molecule has 18 heavy (non-hydrogen) atoms. The van der Waals surface area contributed by atoms with E-state index in [0.717, 1.165) is 0 Å². The lowest BCUT2D eigenvalue weighted by Gasteiger charge is -2.05. The van der Waals surface area contributed by atoms with E-state index in [1.165, 1.54) is 0 Å². The Bertz CT molecular complexity index is 609. The number of nitrogens with one attached hydrogen (secondary N) is 1. The second-order valence-electron chi connectivity index (χ2n) is 3.62. The van der Waals surface area contributed by atoms with Crippen molar-refractivity contribution in [2.24, 2.45) is 0 Å². The maximum absolute atomic E-state index is 11.9. The second kappa shape index (κ2) is 4.93. The minimum Gasteiger partial charge on any atom is -0.461 e. The van der Waals surface area contributed by atoms with Gasteiger partial charge in [-0.1, -0.05) is 0 Å². The van der Waals surface area contributed by atoms with Gasteiger partial charge in [0, 0.05) is 13.2 Å². The molecule has 96 valence electrons. The number of rotatable bonds is 3. The van der Waals surface area contributed by atoms with E-state index in [-0.39, 0.29) is 5.97 Å². The zero-order chi connectivity index (χ0) is 13.3. The molecule has 0 aliphatic carbocycles. The van der Waals surface area contributed by atoms with E-state index in [2.05, 4.69) is 31.2 Å². The van der Waals surface area contributed by atoms with Crippen LogP contribution in [-0.4, -0.2) is 34.0 Å². The summed E-state index contributed by atoms with van der Waals surface area (Å²) in [6.45, 7) is 3.87. The Morgan fingerprint density at radius 2 is 2.28 bits per heavy atom. The van der Waals surface area contributed by atoms with Gasteiger partial charge in [0.15, 0.2) is 17.2 Å². The number of carbonyl (C=O) groups excluding carboxylic acids is 1. The number of aryl methyl sites for hydroxylation is 1. The summed E-state index contributed by atoms with van der Waals surface area (Å²) in [5.74, 6) is 0.214. The number of hydrogen-bond acceptors (Lipinski definition) is 5. The molecule has 2 heterocycles. The van der Waals surface area contributed by atoms with Gasteiger partial charge in [0.05, 0.1) is 12.3 Å².